The number of ether oxygens (including phenoxy) is 2. The van der Waals surface area contributed by atoms with Crippen LogP contribution in [0.2, 0.25) is 0 Å². The number of nitrogens with zero attached hydrogens (tertiary/aromatic N) is 2. The lowest BCUT2D eigenvalue weighted by Crippen LogP contribution is -2.44. The zero-order valence-electron chi connectivity index (χ0n) is 14.6. The number of anilines is 2. The Labute approximate surface area is 147 Å². The number of hydrogen-bond acceptors (Lipinski definition) is 5. The highest BCUT2D eigenvalue weighted by molar-refractivity contribution is 5.99. The van der Waals surface area contributed by atoms with E-state index in [-0.39, 0.29) is 12.0 Å². The van der Waals surface area contributed by atoms with Crippen LogP contribution in [0.25, 0.3) is 0 Å². The van der Waals surface area contributed by atoms with Crippen molar-refractivity contribution in [1.82, 2.24) is 9.88 Å². The Hall–Kier alpha value is -2.60. The van der Waals surface area contributed by atoms with E-state index in [9.17, 15) is 4.79 Å². The first kappa shape index (κ1) is 17.2. The van der Waals surface area contributed by atoms with Crippen LogP contribution in [-0.2, 0) is 4.74 Å². The molecule has 25 heavy (non-hydrogen) atoms. The third-order valence-electron chi connectivity index (χ3n) is 3.99. The van der Waals surface area contributed by atoms with Gasteiger partial charge in [-0.2, -0.15) is 0 Å². The molecule has 0 unspecified atom stereocenters. The fraction of sp³-hybridized carbons (Fsp3) is 0.368. The van der Waals surface area contributed by atoms with Gasteiger partial charge in [-0.25, -0.2) is 4.98 Å². The lowest BCUT2D eigenvalue weighted by atomic mass is 10.2. The van der Waals surface area contributed by atoms with Crippen molar-refractivity contribution in [3.63, 3.8) is 0 Å². The molecule has 1 aromatic carbocycles. The zero-order chi connectivity index (χ0) is 17.6. The van der Waals surface area contributed by atoms with Gasteiger partial charge in [0.05, 0.1) is 24.9 Å². The SMILES string of the molecule is CCOc1ccc(Nc2ncccc2C(=O)N2CCO[C@@H](C)C2)cc1. The Bertz CT molecular complexity index is 718. The molecule has 132 valence electrons. The van der Waals surface area contributed by atoms with Gasteiger partial charge >= 0.3 is 0 Å². The van der Waals surface area contributed by atoms with Crippen molar-refractivity contribution in [3.05, 3.63) is 48.2 Å². The van der Waals surface area contributed by atoms with Gasteiger partial charge in [0.2, 0.25) is 0 Å². The lowest BCUT2D eigenvalue weighted by molar-refractivity contribution is -0.0123. The molecule has 1 aromatic heterocycles. The van der Waals surface area contributed by atoms with Crippen molar-refractivity contribution in [3.8, 4) is 5.75 Å². The van der Waals surface area contributed by atoms with Gasteiger partial charge in [-0.1, -0.05) is 0 Å². The Kier molecular flexibility index (Phi) is 5.50. The molecule has 0 saturated carbocycles. The van der Waals surface area contributed by atoms with E-state index >= 15 is 0 Å². The minimum Gasteiger partial charge on any atom is -0.494 e. The van der Waals surface area contributed by atoms with E-state index < -0.39 is 0 Å². The molecule has 2 aromatic rings. The minimum absolute atomic E-state index is 0.0308. The summed E-state index contributed by atoms with van der Waals surface area (Å²) in [6.07, 6.45) is 1.73. The van der Waals surface area contributed by atoms with E-state index in [1.807, 2.05) is 43.0 Å². The largest absolute Gasteiger partial charge is 0.494 e. The Balaban J connectivity index is 1.77. The number of aromatic nitrogens is 1. The Morgan fingerprint density at radius 2 is 2.16 bits per heavy atom. The monoisotopic (exact) mass is 341 g/mol. The summed E-state index contributed by atoms with van der Waals surface area (Å²) in [5.74, 6) is 1.33. The number of pyridine rings is 1. The standard InChI is InChI=1S/C19H23N3O3/c1-3-24-16-8-6-15(7-9-16)21-18-17(5-4-10-20-18)19(23)22-11-12-25-14(2)13-22/h4-10,14H,3,11-13H2,1-2H3,(H,20,21)/t14-/m0/s1. The van der Waals surface area contributed by atoms with Crippen LogP contribution in [-0.4, -0.2) is 48.2 Å². The summed E-state index contributed by atoms with van der Waals surface area (Å²) in [5, 5.41) is 3.23. The number of carbonyl (C=O) groups excluding carboxylic acids is 1. The predicted molar refractivity (Wildman–Crippen MR) is 96.4 cm³/mol. The smallest absolute Gasteiger partial charge is 0.257 e. The van der Waals surface area contributed by atoms with Gasteiger partial charge in [0, 0.05) is 25.0 Å². The molecule has 1 atom stereocenters. The van der Waals surface area contributed by atoms with Crippen molar-refractivity contribution in [2.24, 2.45) is 0 Å². The molecule has 6 heteroatoms. The first-order valence-electron chi connectivity index (χ1n) is 8.53. The van der Waals surface area contributed by atoms with Gasteiger partial charge in [-0.3, -0.25) is 4.79 Å². The molecular formula is C19H23N3O3. The molecule has 1 aliphatic rings. The van der Waals surface area contributed by atoms with Crippen LogP contribution in [0.15, 0.2) is 42.6 Å². The molecule has 6 nitrogen and oxygen atoms in total. The van der Waals surface area contributed by atoms with Crippen LogP contribution < -0.4 is 10.1 Å². The van der Waals surface area contributed by atoms with Gasteiger partial charge in [-0.05, 0) is 50.2 Å². The molecule has 0 radical (unpaired) electrons. The summed E-state index contributed by atoms with van der Waals surface area (Å²) in [4.78, 5) is 19.0. The quantitative estimate of drug-likeness (QED) is 0.905. The van der Waals surface area contributed by atoms with E-state index in [0.717, 1.165) is 11.4 Å². The number of morpholine rings is 1. The summed E-state index contributed by atoms with van der Waals surface area (Å²) in [6.45, 7) is 6.31. The van der Waals surface area contributed by atoms with Gasteiger partial charge < -0.3 is 19.7 Å². The molecule has 2 heterocycles. The highest BCUT2D eigenvalue weighted by atomic mass is 16.5. The lowest BCUT2D eigenvalue weighted by Gasteiger charge is -2.31. The number of carbonyl (C=O) groups is 1. The second-order valence-corrected chi connectivity index (χ2v) is 5.91. The van der Waals surface area contributed by atoms with Crippen LogP contribution in [0, 0.1) is 0 Å². The molecule has 3 rings (SSSR count). The summed E-state index contributed by atoms with van der Waals surface area (Å²) in [5.41, 5.74) is 1.41. The van der Waals surface area contributed by atoms with Crippen LogP contribution in [0.5, 0.6) is 5.75 Å². The summed E-state index contributed by atoms with van der Waals surface area (Å²) in [7, 11) is 0. The fourth-order valence-electron chi connectivity index (χ4n) is 2.79. The normalized spacial score (nSPS) is 17.2. The van der Waals surface area contributed by atoms with Gasteiger partial charge in [-0.15, -0.1) is 0 Å². The van der Waals surface area contributed by atoms with E-state index in [4.69, 9.17) is 9.47 Å². The highest BCUT2D eigenvalue weighted by Gasteiger charge is 2.24. The van der Waals surface area contributed by atoms with Gasteiger partial charge in [0.15, 0.2) is 0 Å². The topological polar surface area (TPSA) is 63.7 Å². The van der Waals surface area contributed by atoms with Crippen LogP contribution >= 0.6 is 0 Å². The summed E-state index contributed by atoms with van der Waals surface area (Å²) < 4.78 is 11.0. The molecule has 1 N–H and O–H groups in total. The molecule has 1 fully saturated rings. The third kappa shape index (κ3) is 4.28. The second kappa shape index (κ2) is 7.98. The molecule has 0 spiro atoms. The second-order valence-electron chi connectivity index (χ2n) is 5.91. The molecule has 1 saturated heterocycles. The number of benzene rings is 1. The molecule has 0 aliphatic carbocycles. The third-order valence-corrected chi connectivity index (χ3v) is 3.99. The summed E-state index contributed by atoms with van der Waals surface area (Å²) >= 11 is 0. The molecule has 1 aliphatic heterocycles. The van der Waals surface area contributed by atoms with Crippen molar-refractivity contribution < 1.29 is 14.3 Å². The Morgan fingerprint density at radius 1 is 1.36 bits per heavy atom. The first-order valence-corrected chi connectivity index (χ1v) is 8.53. The minimum atomic E-state index is -0.0308. The van der Waals surface area contributed by atoms with Gasteiger partial charge in [0.25, 0.3) is 5.91 Å². The highest BCUT2D eigenvalue weighted by Crippen LogP contribution is 2.23. The number of nitrogens with one attached hydrogen (secondary N) is 1. The molecular weight excluding hydrogens is 318 g/mol. The van der Waals surface area contributed by atoms with E-state index in [1.165, 1.54) is 0 Å². The first-order chi connectivity index (χ1) is 12.2. The summed E-state index contributed by atoms with van der Waals surface area (Å²) in [6, 6.07) is 11.2. The molecule has 1 amide bonds. The maximum absolute atomic E-state index is 12.9. The van der Waals surface area contributed by atoms with Crippen LogP contribution in [0.1, 0.15) is 24.2 Å². The van der Waals surface area contributed by atoms with Crippen molar-refractivity contribution in [2.45, 2.75) is 20.0 Å². The van der Waals surface area contributed by atoms with Crippen LogP contribution in [0.3, 0.4) is 0 Å². The number of hydrogen-bond donors (Lipinski definition) is 1. The number of amides is 1. The maximum Gasteiger partial charge on any atom is 0.257 e. The average molecular weight is 341 g/mol. The average Bonchev–Trinajstić information content (AvgIpc) is 2.63. The van der Waals surface area contributed by atoms with E-state index in [0.29, 0.717) is 37.7 Å². The Morgan fingerprint density at radius 3 is 2.88 bits per heavy atom. The van der Waals surface area contributed by atoms with Crippen molar-refractivity contribution in [1.29, 1.82) is 0 Å². The van der Waals surface area contributed by atoms with Gasteiger partial charge in [0.1, 0.15) is 11.6 Å². The predicted octanol–water partition coefficient (Wildman–Crippen LogP) is 3.08. The van der Waals surface area contributed by atoms with E-state index in [2.05, 4.69) is 10.3 Å². The zero-order valence-corrected chi connectivity index (χ0v) is 14.6. The molecule has 0 bridgehead atoms. The van der Waals surface area contributed by atoms with Crippen molar-refractivity contribution in [2.75, 3.05) is 31.6 Å². The van der Waals surface area contributed by atoms with Crippen LogP contribution in [0.4, 0.5) is 11.5 Å². The number of rotatable bonds is 5. The maximum atomic E-state index is 12.9. The fourth-order valence-corrected chi connectivity index (χ4v) is 2.79. The van der Waals surface area contributed by atoms with E-state index in [1.54, 1.807) is 18.3 Å². The van der Waals surface area contributed by atoms with Crippen molar-refractivity contribution >= 4 is 17.4 Å².